The molecular weight excluding hydrogens is 346 g/mol. The number of aliphatic hydroxyl groups excluding tert-OH is 1. The maximum absolute atomic E-state index is 9.58. The zero-order valence-corrected chi connectivity index (χ0v) is 16.4. The minimum Gasteiger partial charge on any atom is -0.396 e. The number of benzene rings is 2. The van der Waals surface area contributed by atoms with E-state index in [0.717, 1.165) is 51.1 Å². The quantitative estimate of drug-likeness (QED) is 0.687. The Labute approximate surface area is 167 Å². The average Bonchev–Trinajstić information content (AvgIpc) is 2.74. The van der Waals surface area contributed by atoms with Crippen molar-refractivity contribution in [3.05, 3.63) is 78.0 Å². The van der Waals surface area contributed by atoms with Crippen molar-refractivity contribution in [3.8, 4) is 0 Å². The van der Waals surface area contributed by atoms with Crippen molar-refractivity contribution >= 4 is 10.9 Å². The number of para-hydroxylation sites is 1. The van der Waals surface area contributed by atoms with Gasteiger partial charge in [0.1, 0.15) is 0 Å². The van der Waals surface area contributed by atoms with Gasteiger partial charge in [0, 0.05) is 57.0 Å². The second kappa shape index (κ2) is 9.28. The summed E-state index contributed by atoms with van der Waals surface area (Å²) in [6, 6.07) is 21.7. The lowest BCUT2D eigenvalue weighted by atomic mass is 10.0. The molecule has 1 atom stereocenters. The standard InChI is InChI=1S/C24H29N3O/c28-17-12-23-19-26(15-16-27(23)14-11-20-6-2-1-3-7-20)18-22-9-4-8-21-10-5-13-25-24(21)22/h1-10,13,23,28H,11-12,14-19H2/t23-/m1/s1. The van der Waals surface area contributed by atoms with Gasteiger partial charge < -0.3 is 5.11 Å². The number of piperazine rings is 1. The predicted octanol–water partition coefficient (Wildman–Crippen LogP) is 3.35. The van der Waals surface area contributed by atoms with Crippen LogP contribution in [0.1, 0.15) is 17.5 Å². The molecule has 28 heavy (non-hydrogen) atoms. The zero-order valence-electron chi connectivity index (χ0n) is 16.4. The fourth-order valence-electron chi connectivity index (χ4n) is 4.27. The second-order valence-corrected chi connectivity index (χ2v) is 7.67. The van der Waals surface area contributed by atoms with Crippen LogP contribution in [0.2, 0.25) is 0 Å². The highest BCUT2D eigenvalue weighted by Crippen LogP contribution is 2.21. The summed E-state index contributed by atoms with van der Waals surface area (Å²) in [6.07, 6.45) is 3.77. The van der Waals surface area contributed by atoms with Crippen LogP contribution in [0.4, 0.5) is 0 Å². The number of aliphatic hydroxyl groups is 1. The molecule has 4 heteroatoms. The fourth-order valence-corrected chi connectivity index (χ4v) is 4.27. The monoisotopic (exact) mass is 375 g/mol. The van der Waals surface area contributed by atoms with Crippen molar-refractivity contribution in [2.75, 3.05) is 32.8 Å². The van der Waals surface area contributed by atoms with Crippen molar-refractivity contribution in [2.24, 2.45) is 0 Å². The van der Waals surface area contributed by atoms with E-state index in [9.17, 15) is 5.11 Å². The van der Waals surface area contributed by atoms with E-state index >= 15 is 0 Å². The number of pyridine rings is 1. The first-order valence-electron chi connectivity index (χ1n) is 10.3. The molecule has 0 radical (unpaired) electrons. The lowest BCUT2D eigenvalue weighted by Crippen LogP contribution is -2.53. The number of hydrogen-bond donors (Lipinski definition) is 1. The van der Waals surface area contributed by atoms with Crippen LogP contribution in [0.3, 0.4) is 0 Å². The van der Waals surface area contributed by atoms with Crippen molar-refractivity contribution in [2.45, 2.75) is 25.4 Å². The Hall–Kier alpha value is -2.27. The molecular formula is C24H29N3O. The molecule has 4 nitrogen and oxygen atoms in total. The van der Waals surface area contributed by atoms with Crippen molar-refractivity contribution in [1.29, 1.82) is 0 Å². The van der Waals surface area contributed by atoms with Gasteiger partial charge >= 0.3 is 0 Å². The fraction of sp³-hybridized carbons (Fsp3) is 0.375. The molecule has 0 bridgehead atoms. The molecule has 1 fully saturated rings. The molecule has 0 aliphatic carbocycles. The summed E-state index contributed by atoms with van der Waals surface area (Å²) in [4.78, 5) is 9.68. The Morgan fingerprint density at radius 3 is 2.68 bits per heavy atom. The number of aromatic nitrogens is 1. The van der Waals surface area contributed by atoms with Crippen LogP contribution in [0.5, 0.6) is 0 Å². The van der Waals surface area contributed by atoms with Gasteiger partial charge in [-0.2, -0.15) is 0 Å². The van der Waals surface area contributed by atoms with Gasteiger partial charge in [0.15, 0.2) is 0 Å². The average molecular weight is 376 g/mol. The minimum atomic E-state index is 0.246. The van der Waals surface area contributed by atoms with Gasteiger partial charge in [0.25, 0.3) is 0 Å². The molecule has 1 saturated heterocycles. The SMILES string of the molecule is OCC[C@@H]1CN(Cc2cccc3cccnc23)CCN1CCc1ccccc1. The van der Waals surface area contributed by atoms with Gasteiger partial charge in [-0.15, -0.1) is 0 Å². The van der Waals surface area contributed by atoms with Crippen LogP contribution < -0.4 is 0 Å². The van der Waals surface area contributed by atoms with E-state index in [-0.39, 0.29) is 6.61 Å². The molecule has 0 amide bonds. The maximum Gasteiger partial charge on any atom is 0.0746 e. The zero-order chi connectivity index (χ0) is 19.2. The van der Waals surface area contributed by atoms with E-state index in [4.69, 9.17) is 0 Å². The van der Waals surface area contributed by atoms with E-state index in [0.29, 0.717) is 6.04 Å². The van der Waals surface area contributed by atoms with E-state index in [1.54, 1.807) is 0 Å². The lowest BCUT2D eigenvalue weighted by molar-refractivity contribution is 0.0564. The Morgan fingerprint density at radius 2 is 1.82 bits per heavy atom. The lowest BCUT2D eigenvalue weighted by Gasteiger charge is -2.41. The van der Waals surface area contributed by atoms with Crippen LogP contribution in [-0.2, 0) is 13.0 Å². The molecule has 0 saturated carbocycles. The molecule has 1 aliphatic heterocycles. The van der Waals surface area contributed by atoms with Gasteiger partial charge in [-0.1, -0.05) is 54.6 Å². The van der Waals surface area contributed by atoms with E-state index in [2.05, 4.69) is 69.4 Å². The molecule has 1 N–H and O–H groups in total. The predicted molar refractivity (Wildman–Crippen MR) is 114 cm³/mol. The Morgan fingerprint density at radius 1 is 0.964 bits per heavy atom. The van der Waals surface area contributed by atoms with Gasteiger partial charge in [-0.25, -0.2) is 0 Å². The molecule has 4 rings (SSSR count). The van der Waals surface area contributed by atoms with Crippen LogP contribution in [0, 0.1) is 0 Å². The van der Waals surface area contributed by atoms with Crippen LogP contribution in [0.15, 0.2) is 66.9 Å². The normalized spacial score (nSPS) is 18.5. The Balaban J connectivity index is 1.41. The number of hydrogen-bond acceptors (Lipinski definition) is 4. The smallest absolute Gasteiger partial charge is 0.0746 e. The van der Waals surface area contributed by atoms with Gasteiger partial charge in [0.2, 0.25) is 0 Å². The molecule has 2 heterocycles. The van der Waals surface area contributed by atoms with Crippen molar-refractivity contribution in [3.63, 3.8) is 0 Å². The topological polar surface area (TPSA) is 39.6 Å². The first kappa shape index (κ1) is 19.1. The second-order valence-electron chi connectivity index (χ2n) is 7.67. The Bertz CT molecular complexity index is 878. The third kappa shape index (κ3) is 4.58. The highest BCUT2D eigenvalue weighted by molar-refractivity contribution is 5.81. The van der Waals surface area contributed by atoms with Crippen LogP contribution in [-0.4, -0.2) is 58.7 Å². The van der Waals surface area contributed by atoms with Gasteiger partial charge in [-0.3, -0.25) is 14.8 Å². The first-order chi connectivity index (χ1) is 13.8. The molecule has 146 valence electrons. The summed E-state index contributed by atoms with van der Waals surface area (Å²) in [5.74, 6) is 0. The molecule has 0 spiro atoms. The number of nitrogens with zero attached hydrogens (tertiary/aromatic N) is 3. The Kier molecular flexibility index (Phi) is 6.32. The van der Waals surface area contributed by atoms with Crippen molar-refractivity contribution in [1.82, 2.24) is 14.8 Å². The van der Waals surface area contributed by atoms with E-state index in [1.165, 1.54) is 16.5 Å². The van der Waals surface area contributed by atoms with Crippen LogP contribution >= 0.6 is 0 Å². The molecule has 0 unspecified atom stereocenters. The number of rotatable bonds is 7. The minimum absolute atomic E-state index is 0.246. The number of fused-ring (bicyclic) bond motifs is 1. The maximum atomic E-state index is 9.58. The molecule has 2 aromatic carbocycles. The summed E-state index contributed by atoms with van der Waals surface area (Å²) in [5.41, 5.74) is 3.78. The van der Waals surface area contributed by atoms with Crippen LogP contribution in [0.25, 0.3) is 10.9 Å². The molecule has 1 aromatic heterocycles. The molecule has 1 aliphatic rings. The summed E-state index contributed by atoms with van der Waals surface area (Å²) in [7, 11) is 0. The third-order valence-corrected chi connectivity index (χ3v) is 5.79. The van der Waals surface area contributed by atoms with E-state index < -0.39 is 0 Å². The summed E-state index contributed by atoms with van der Waals surface area (Å²) >= 11 is 0. The third-order valence-electron chi connectivity index (χ3n) is 5.79. The first-order valence-corrected chi connectivity index (χ1v) is 10.3. The van der Waals surface area contributed by atoms with Crippen molar-refractivity contribution < 1.29 is 5.11 Å². The van der Waals surface area contributed by atoms with E-state index in [1.807, 2.05) is 12.3 Å². The largest absolute Gasteiger partial charge is 0.396 e. The summed E-state index contributed by atoms with van der Waals surface area (Å²) in [5, 5.41) is 10.8. The van der Waals surface area contributed by atoms with Gasteiger partial charge in [0.05, 0.1) is 5.52 Å². The van der Waals surface area contributed by atoms with Gasteiger partial charge in [-0.05, 0) is 30.0 Å². The highest BCUT2D eigenvalue weighted by atomic mass is 16.3. The summed E-state index contributed by atoms with van der Waals surface area (Å²) < 4.78 is 0. The summed E-state index contributed by atoms with van der Waals surface area (Å²) in [6.45, 7) is 5.32. The highest BCUT2D eigenvalue weighted by Gasteiger charge is 2.26. The molecule has 3 aromatic rings.